The maximum absolute atomic E-state index is 13.5. The molecule has 5 rings (SSSR count). The summed E-state index contributed by atoms with van der Waals surface area (Å²) in [6.07, 6.45) is 1.97. The lowest BCUT2D eigenvalue weighted by molar-refractivity contribution is 0.0329. The number of nitrogens with zero attached hydrogens (tertiary/aromatic N) is 3. The van der Waals surface area contributed by atoms with E-state index in [1.54, 1.807) is 12.1 Å². The fourth-order valence-electron chi connectivity index (χ4n) is 5.38. The van der Waals surface area contributed by atoms with Crippen LogP contribution < -0.4 is 4.90 Å². The lowest BCUT2D eigenvalue weighted by atomic mass is 9.86. The van der Waals surface area contributed by atoms with Crippen LogP contribution in [0.15, 0.2) is 36.4 Å². The van der Waals surface area contributed by atoms with Crippen LogP contribution in [0.2, 0.25) is 10.0 Å². The number of fused-ring (bicyclic) bond motifs is 1. The normalized spacial score (nSPS) is 23.9. The van der Waals surface area contributed by atoms with Crippen molar-refractivity contribution in [2.24, 2.45) is 5.92 Å². The van der Waals surface area contributed by atoms with Gasteiger partial charge in [0.15, 0.2) is 0 Å². The molecule has 0 radical (unpaired) electrons. The van der Waals surface area contributed by atoms with E-state index in [-0.39, 0.29) is 29.3 Å². The molecular formula is C25H28Cl2FN3O2. The van der Waals surface area contributed by atoms with Crippen molar-refractivity contribution in [3.8, 4) is 0 Å². The SMILES string of the molecule is O=C(c1cccc(N2CC(CO)C2)c1Cl)N1CCN2CC(c3ccc(F)c(Cl)c3)CCC2C1. The summed E-state index contributed by atoms with van der Waals surface area (Å²) in [6, 6.07) is 11.0. The summed E-state index contributed by atoms with van der Waals surface area (Å²) in [5.74, 6) is 0.195. The molecule has 0 spiro atoms. The van der Waals surface area contributed by atoms with Crippen molar-refractivity contribution < 1.29 is 14.3 Å². The number of carbonyl (C=O) groups is 1. The van der Waals surface area contributed by atoms with Gasteiger partial charge in [-0.3, -0.25) is 9.69 Å². The van der Waals surface area contributed by atoms with E-state index in [9.17, 15) is 14.3 Å². The average molecular weight is 492 g/mol. The number of piperidine rings is 1. The van der Waals surface area contributed by atoms with Crippen LogP contribution >= 0.6 is 23.2 Å². The predicted molar refractivity (Wildman–Crippen MR) is 129 cm³/mol. The van der Waals surface area contributed by atoms with E-state index in [4.69, 9.17) is 23.2 Å². The molecule has 176 valence electrons. The molecule has 0 aromatic heterocycles. The van der Waals surface area contributed by atoms with Crippen molar-refractivity contribution >= 4 is 34.8 Å². The zero-order valence-corrected chi connectivity index (χ0v) is 19.9. The fraction of sp³-hybridized carbons (Fsp3) is 0.480. The zero-order chi connectivity index (χ0) is 23.1. The average Bonchev–Trinajstić information content (AvgIpc) is 2.80. The third kappa shape index (κ3) is 4.46. The first kappa shape index (κ1) is 22.9. The Labute approximate surface area is 203 Å². The fourth-order valence-corrected chi connectivity index (χ4v) is 5.89. The number of carbonyl (C=O) groups excluding carboxylic acids is 1. The molecule has 1 amide bonds. The van der Waals surface area contributed by atoms with Crippen molar-refractivity contribution in [1.29, 1.82) is 0 Å². The van der Waals surface area contributed by atoms with E-state index >= 15 is 0 Å². The number of hydrogen-bond acceptors (Lipinski definition) is 4. The standard InChI is InChI=1S/C25H28Cl2FN3O2/c26-21-10-17(5-7-22(21)28)18-4-6-19-14-30(9-8-29(19)13-18)25(33)20-2-1-3-23(24(20)27)31-11-16(12-31)15-32/h1-3,5,7,10,16,18-19,32H,4,6,8-9,11-15H2. The van der Waals surface area contributed by atoms with Gasteiger partial charge in [-0.05, 0) is 48.6 Å². The Morgan fingerprint density at radius 3 is 2.64 bits per heavy atom. The number of piperazine rings is 1. The van der Waals surface area contributed by atoms with Gasteiger partial charge in [0, 0.05) is 57.8 Å². The van der Waals surface area contributed by atoms with Gasteiger partial charge in [0.05, 0.1) is 21.3 Å². The van der Waals surface area contributed by atoms with Gasteiger partial charge in [-0.15, -0.1) is 0 Å². The minimum Gasteiger partial charge on any atom is -0.396 e. The van der Waals surface area contributed by atoms with Crippen LogP contribution in [0.1, 0.15) is 34.7 Å². The van der Waals surface area contributed by atoms with E-state index in [1.807, 2.05) is 23.1 Å². The Bertz CT molecular complexity index is 1050. The Balaban J connectivity index is 1.24. The third-order valence-corrected chi connectivity index (χ3v) is 8.06. The van der Waals surface area contributed by atoms with Crippen molar-refractivity contribution in [3.05, 3.63) is 63.4 Å². The first-order chi connectivity index (χ1) is 15.9. The first-order valence-electron chi connectivity index (χ1n) is 11.6. The van der Waals surface area contributed by atoms with E-state index in [2.05, 4.69) is 9.80 Å². The second kappa shape index (κ2) is 9.41. The molecule has 3 saturated heterocycles. The molecule has 2 aromatic carbocycles. The van der Waals surface area contributed by atoms with Gasteiger partial charge < -0.3 is 14.9 Å². The molecule has 2 aromatic rings. The second-order valence-electron chi connectivity index (χ2n) is 9.44. The Morgan fingerprint density at radius 1 is 1.06 bits per heavy atom. The van der Waals surface area contributed by atoms with E-state index in [1.165, 1.54) is 6.07 Å². The monoisotopic (exact) mass is 491 g/mol. The summed E-state index contributed by atoms with van der Waals surface area (Å²) in [5.41, 5.74) is 2.49. The summed E-state index contributed by atoms with van der Waals surface area (Å²) in [4.78, 5) is 19.8. The van der Waals surface area contributed by atoms with Crippen LogP contribution in [0.3, 0.4) is 0 Å². The molecule has 0 aliphatic carbocycles. The Morgan fingerprint density at radius 2 is 1.88 bits per heavy atom. The third-order valence-electron chi connectivity index (χ3n) is 7.37. The summed E-state index contributed by atoms with van der Waals surface area (Å²) in [6.45, 7) is 4.74. The van der Waals surface area contributed by atoms with Crippen LogP contribution in [-0.4, -0.2) is 72.7 Å². The van der Waals surface area contributed by atoms with Gasteiger partial charge in [-0.25, -0.2) is 4.39 Å². The van der Waals surface area contributed by atoms with Crippen molar-refractivity contribution in [2.45, 2.75) is 24.8 Å². The van der Waals surface area contributed by atoms with Gasteiger partial charge in [-0.1, -0.05) is 35.3 Å². The van der Waals surface area contributed by atoms with Crippen LogP contribution in [0, 0.1) is 11.7 Å². The molecular weight excluding hydrogens is 464 g/mol. The summed E-state index contributed by atoms with van der Waals surface area (Å²) >= 11 is 12.7. The quantitative estimate of drug-likeness (QED) is 0.693. The molecule has 5 nitrogen and oxygen atoms in total. The number of amides is 1. The predicted octanol–water partition coefficient (Wildman–Crippen LogP) is 4.27. The molecule has 8 heteroatoms. The number of hydrogen-bond donors (Lipinski definition) is 1. The minimum atomic E-state index is -0.383. The zero-order valence-electron chi connectivity index (χ0n) is 18.4. The Hall–Kier alpha value is -1.86. The van der Waals surface area contributed by atoms with Crippen LogP contribution in [0.5, 0.6) is 0 Å². The molecule has 3 fully saturated rings. The molecule has 2 atom stereocenters. The molecule has 1 N–H and O–H groups in total. The minimum absolute atomic E-state index is 0.0202. The van der Waals surface area contributed by atoms with Gasteiger partial charge in [0.1, 0.15) is 5.82 Å². The lowest BCUT2D eigenvalue weighted by Crippen LogP contribution is -2.57. The molecule has 3 aliphatic rings. The molecule has 3 heterocycles. The summed E-state index contributed by atoms with van der Waals surface area (Å²) in [7, 11) is 0. The second-order valence-corrected chi connectivity index (χ2v) is 10.2. The number of rotatable bonds is 4. The van der Waals surface area contributed by atoms with E-state index in [0.29, 0.717) is 35.6 Å². The first-order valence-corrected chi connectivity index (χ1v) is 12.3. The van der Waals surface area contributed by atoms with E-state index in [0.717, 1.165) is 50.3 Å². The number of benzene rings is 2. The smallest absolute Gasteiger partial charge is 0.255 e. The van der Waals surface area contributed by atoms with Crippen molar-refractivity contribution in [1.82, 2.24) is 9.80 Å². The molecule has 2 unspecified atom stereocenters. The number of halogens is 3. The van der Waals surface area contributed by atoms with Gasteiger partial charge in [-0.2, -0.15) is 0 Å². The molecule has 0 bridgehead atoms. The highest BCUT2D eigenvalue weighted by atomic mass is 35.5. The highest BCUT2D eigenvalue weighted by molar-refractivity contribution is 6.36. The Kier molecular flexibility index (Phi) is 6.54. The van der Waals surface area contributed by atoms with Crippen LogP contribution in [-0.2, 0) is 0 Å². The molecule has 33 heavy (non-hydrogen) atoms. The van der Waals surface area contributed by atoms with Gasteiger partial charge >= 0.3 is 0 Å². The summed E-state index contributed by atoms with van der Waals surface area (Å²) in [5, 5.41) is 9.96. The van der Waals surface area contributed by atoms with Crippen molar-refractivity contribution in [3.63, 3.8) is 0 Å². The van der Waals surface area contributed by atoms with Gasteiger partial charge in [0.2, 0.25) is 0 Å². The lowest BCUT2D eigenvalue weighted by Gasteiger charge is -2.46. The number of aliphatic hydroxyl groups is 1. The topological polar surface area (TPSA) is 47.0 Å². The number of anilines is 1. The maximum atomic E-state index is 13.5. The highest BCUT2D eigenvalue weighted by Crippen LogP contribution is 2.36. The van der Waals surface area contributed by atoms with Crippen LogP contribution in [0.4, 0.5) is 10.1 Å². The number of aliphatic hydroxyl groups excluding tert-OH is 1. The molecule has 0 saturated carbocycles. The van der Waals surface area contributed by atoms with Crippen LogP contribution in [0.25, 0.3) is 0 Å². The highest BCUT2D eigenvalue weighted by Gasteiger charge is 2.36. The van der Waals surface area contributed by atoms with Gasteiger partial charge in [0.25, 0.3) is 5.91 Å². The van der Waals surface area contributed by atoms with E-state index < -0.39 is 0 Å². The van der Waals surface area contributed by atoms with Crippen molar-refractivity contribution in [2.75, 3.05) is 50.8 Å². The maximum Gasteiger partial charge on any atom is 0.255 e. The molecule has 3 aliphatic heterocycles. The largest absolute Gasteiger partial charge is 0.396 e. The summed E-state index contributed by atoms with van der Waals surface area (Å²) < 4.78 is 13.5.